The molecule has 1 rings (SSSR count). The van der Waals surface area contributed by atoms with Crippen LogP contribution in [-0.4, -0.2) is 58.7 Å². The molecule has 1 unspecified atom stereocenters. The van der Waals surface area contributed by atoms with Gasteiger partial charge in [0.1, 0.15) is 11.2 Å². The minimum atomic E-state index is -1.12. The molecule has 156 valence electrons. The van der Waals surface area contributed by atoms with Gasteiger partial charge in [-0.15, -0.1) is 24.0 Å². The number of aryl methyl sites for hydroxylation is 1. The molecule has 0 aliphatic rings. The summed E-state index contributed by atoms with van der Waals surface area (Å²) in [6.07, 6.45) is 2.93. The summed E-state index contributed by atoms with van der Waals surface area (Å²) in [7, 11) is 1.80. The summed E-state index contributed by atoms with van der Waals surface area (Å²) in [4.78, 5) is 16.0. The number of aliphatic imine (C=N–C) groups is 1. The maximum atomic E-state index is 11.6. The number of rotatable bonds is 7. The Bertz CT molecular complexity index is 610. The van der Waals surface area contributed by atoms with Crippen molar-refractivity contribution in [1.82, 2.24) is 25.7 Å². The predicted molar refractivity (Wildman–Crippen MR) is 116 cm³/mol. The number of amides is 1. The Labute approximate surface area is 178 Å². The fourth-order valence-corrected chi connectivity index (χ4v) is 2.03. The maximum Gasteiger partial charge on any atom is 0.407 e. The normalized spacial score (nSPS) is 14.0. The third kappa shape index (κ3) is 10.4. The highest BCUT2D eigenvalue weighted by atomic mass is 127. The molecule has 0 aliphatic heterocycles. The Kier molecular flexibility index (Phi) is 10.7. The minimum absolute atomic E-state index is 0. The molecule has 1 aromatic rings. The van der Waals surface area contributed by atoms with E-state index in [0.29, 0.717) is 31.2 Å². The van der Waals surface area contributed by atoms with Gasteiger partial charge in [-0.2, -0.15) is 5.10 Å². The van der Waals surface area contributed by atoms with Gasteiger partial charge in [-0.1, -0.05) is 0 Å². The second-order valence-electron chi connectivity index (χ2n) is 7.23. The number of halogens is 1. The van der Waals surface area contributed by atoms with E-state index in [1.54, 1.807) is 31.0 Å². The third-order valence-corrected chi connectivity index (χ3v) is 3.30. The largest absolute Gasteiger partial charge is 0.444 e. The zero-order valence-electron chi connectivity index (χ0n) is 17.0. The Morgan fingerprint density at radius 2 is 1.89 bits per heavy atom. The maximum absolute atomic E-state index is 11.6. The first-order chi connectivity index (χ1) is 12.0. The van der Waals surface area contributed by atoms with Crippen LogP contribution >= 0.6 is 24.0 Å². The fraction of sp³-hybridized carbons (Fsp3) is 0.706. The standard InChI is InChI=1S/C17H32N6O3.HI/c1-7-18-14(19-8-9-20-15(24)26-16(2,3)4)21-12-17(5,25)13-10-22-23(6)11-13;/h10-11,25H,7-9,12H2,1-6H3,(H,20,24)(H2,18,19,21);1H. The van der Waals surface area contributed by atoms with E-state index >= 15 is 0 Å². The van der Waals surface area contributed by atoms with Gasteiger partial charge in [0.15, 0.2) is 5.96 Å². The molecule has 1 amide bonds. The molecule has 0 saturated carbocycles. The average molecular weight is 496 g/mol. The van der Waals surface area contributed by atoms with Gasteiger partial charge in [-0.05, 0) is 34.6 Å². The van der Waals surface area contributed by atoms with Gasteiger partial charge >= 0.3 is 6.09 Å². The molecule has 0 fully saturated rings. The van der Waals surface area contributed by atoms with Crippen LogP contribution in [0.1, 0.15) is 40.2 Å². The molecule has 0 aliphatic carbocycles. The van der Waals surface area contributed by atoms with E-state index in [0.717, 1.165) is 0 Å². The van der Waals surface area contributed by atoms with Crippen LogP contribution in [0.25, 0.3) is 0 Å². The molecule has 0 saturated heterocycles. The Morgan fingerprint density at radius 1 is 1.26 bits per heavy atom. The Balaban J connectivity index is 0.00000676. The molecule has 0 bridgehead atoms. The van der Waals surface area contributed by atoms with Crippen LogP contribution in [0.3, 0.4) is 0 Å². The van der Waals surface area contributed by atoms with Gasteiger partial charge < -0.3 is 25.8 Å². The third-order valence-electron chi connectivity index (χ3n) is 3.30. The van der Waals surface area contributed by atoms with E-state index in [1.807, 2.05) is 27.7 Å². The van der Waals surface area contributed by atoms with Gasteiger partial charge in [-0.25, -0.2) is 9.79 Å². The van der Waals surface area contributed by atoms with Gasteiger partial charge in [0.05, 0.1) is 12.7 Å². The molecule has 27 heavy (non-hydrogen) atoms. The molecule has 1 heterocycles. The number of carbonyl (C=O) groups excluding carboxylic acids is 1. The molecule has 9 nitrogen and oxygen atoms in total. The summed E-state index contributed by atoms with van der Waals surface area (Å²) in [6, 6.07) is 0. The quantitative estimate of drug-likeness (QED) is 0.196. The number of aromatic nitrogens is 2. The van der Waals surface area contributed by atoms with Crippen LogP contribution in [0, 0.1) is 0 Å². The number of hydrogen-bond acceptors (Lipinski definition) is 5. The SMILES string of the molecule is CCNC(=NCC(C)(O)c1cnn(C)c1)NCCNC(=O)OC(C)(C)C.I. The fourth-order valence-electron chi connectivity index (χ4n) is 2.03. The summed E-state index contributed by atoms with van der Waals surface area (Å²) >= 11 is 0. The number of ether oxygens (including phenoxy) is 1. The summed E-state index contributed by atoms with van der Waals surface area (Å²) in [5.41, 5.74) is -0.942. The first kappa shape index (κ1) is 25.4. The summed E-state index contributed by atoms with van der Waals surface area (Å²) < 4.78 is 6.81. The van der Waals surface area contributed by atoms with Crippen LogP contribution in [0.2, 0.25) is 0 Å². The molecular formula is C17H33IN6O3. The Hall–Kier alpha value is -1.56. The lowest BCUT2D eigenvalue weighted by molar-refractivity contribution is 0.0528. The molecule has 1 atom stereocenters. The second-order valence-corrected chi connectivity index (χ2v) is 7.23. The van der Waals surface area contributed by atoms with E-state index < -0.39 is 17.3 Å². The highest BCUT2D eigenvalue weighted by Crippen LogP contribution is 2.19. The molecule has 10 heteroatoms. The van der Waals surface area contributed by atoms with Crippen LogP contribution < -0.4 is 16.0 Å². The average Bonchev–Trinajstić information content (AvgIpc) is 2.94. The number of hydrogen-bond donors (Lipinski definition) is 4. The minimum Gasteiger partial charge on any atom is -0.444 e. The van der Waals surface area contributed by atoms with E-state index in [2.05, 4.69) is 26.0 Å². The van der Waals surface area contributed by atoms with Crippen molar-refractivity contribution in [3.8, 4) is 0 Å². The van der Waals surface area contributed by atoms with Crippen molar-refractivity contribution in [3.63, 3.8) is 0 Å². The summed E-state index contributed by atoms with van der Waals surface area (Å²) in [5.74, 6) is 0.558. The van der Waals surface area contributed by atoms with E-state index in [4.69, 9.17) is 4.74 Å². The van der Waals surface area contributed by atoms with E-state index in [9.17, 15) is 9.90 Å². The molecular weight excluding hydrogens is 463 g/mol. The zero-order chi connectivity index (χ0) is 19.8. The van der Waals surface area contributed by atoms with E-state index in [-0.39, 0.29) is 30.5 Å². The lowest BCUT2D eigenvalue weighted by atomic mass is 10.0. The predicted octanol–water partition coefficient (Wildman–Crippen LogP) is 1.33. The second kappa shape index (κ2) is 11.3. The molecule has 4 N–H and O–H groups in total. The zero-order valence-corrected chi connectivity index (χ0v) is 19.3. The van der Waals surface area contributed by atoms with Crippen molar-refractivity contribution in [2.24, 2.45) is 12.0 Å². The number of guanidine groups is 1. The van der Waals surface area contributed by atoms with Crippen LogP contribution in [0.4, 0.5) is 4.79 Å². The van der Waals surface area contributed by atoms with Gasteiger partial charge in [0, 0.05) is 38.4 Å². The Morgan fingerprint density at radius 3 is 2.41 bits per heavy atom. The number of alkyl carbamates (subject to hydrolysis) is 1. The topological polar surface area (TPSA) is 113 Å². The molecule has 0 aromatic carbocycles. The van der Waals surface area contributed by atoms with Crippen LogP contribution in [0.5, 0.6) is 0 Å². The number of nitrogens with zero attached hydrogens (tertiary/aromatic N) is 3. The first-order valence-electron chi connectivity index (χ1n) is 8.74. The van der Waals surface area contributed by atoms with Crippen molar-refractivity contribution in [2.75, 3.05) is 26.2 Å². The lowest BCUT2D eigenvalue weighted by Gasteiger charge is -2.21. The van der Waals surface area contributed by atoms with Crippen LogP contribution in [0.15, 0.2) is 17.4 Å². The number of carbonyl (C=O) groups is 1. The monoisotopic (exact) mass is 496 g/mol. The van der Waals surface area contributed by atoms with Crippen LogP contribution in [-0.2, 0) is 17.4 Å². The van der Waals surface area contributed by atoms with Crippen molar-refractivity contribution in [3.05, 3.63) is 18.0 Å². The highest BCUT2D eigenvalue weighted by Gasteiger charge is 2.24. The van der Waals surface area contributed by atoms with Crippen molar-refractivity contribution < 1.29 is 14.6 Å². The van der Waals surface area contributed by atoms with E-state index in [1.165, 1.54) is 0 Å². The molecule has 0 radical (unpaired) electrons. The van der Waals surface area contributed by atoms with Crippen molar-refractivity contribution in [2.45, 2.75) is 45.8 Å². The number of nitrogens with one attached hydrogen (secondary N) is 3. The smallest absolute Gasteiger partial charge is 0.407 e. The van der Waals surface area contributed by atoms with Crippen molar-refractivity contribution >= 4 is 36.0 Å². The van der Waals surface area contributed by atoms with Gasteiger partial charge in [-0.3, -0.25) is 4.68 Å². The highest BCUT2D eigenvalue weighted by molar-refractivity contribution is 14.0. The van der Waals surface area contributed by atoms with Gasteiger partial charge in [0.25, 0.3) is 0 Å². The number of aliphatic hydroxyl groups is 1. The summed E-state index contributed by atoms with van der Waals surface area (Å²) in [6.45, 7) is 10.8. The van der Waals surface area contributed by atoms with Crippen molar-refractivity contribution in [1.29, 1.82) is 0 Å². The molecule has 1 aromatic heterocycles. The first-order valence-corrected chi connectivity index (χ1v) is 8.74. The lowest BCUT2D eigenvalue weighted by Crippen LogP contribution is -2.43. The molecule has 0 spiro atoms. The van der Waals surface area contributed by atoms with Gasteiger partial charge in [0.2, 0.25) is 0 Å². The summed E-state index contributed by atoms with van der Waals surface area (Å²) in [5, 5.41) is 23.5.